The summed E-state index contributed by atoms with van der Waals surface area (Å²) in [5.41, 5.74) is 2.19. The summed E-state index contributed by atoms with van der Waals surface area (Å²) in [6, 6.07) is 13.4. The van der Waals surface area contributed by atoms with Gasteiger partial charge >= 0.3 is 11.9 Å². The summed E-state index contributed by atoms with van der Waals surface area (Å²) in [6.45, 7) is 9.52. The summed E-state index contributed by atoms with van der Waals surface area (Å²) >= 11 is 0. The predicted molar refractivity (Wildman–Crippen MR) is 331 cm³/mol. The average molecular weight is 1300 g/mol. The van der Waals surface area contributed by atoms with Crippen LogP contribution in [0.3, 0.4) is 0 Å². The van der Waals surface area contributed by atoms with Crippen LogP contribution in [0.5, 0.6) is 17.2 Å². The minimum absolute atomic E-state index is 0.0871. The molecule has 0 spiro atoms. The van der Waals surface area contributed by atoms with E-state index in [2.05, 4.69) is 0 Å². The molecule has 0 N–H and O–H groups in total. The summed E-state index contributed by atoms with van der Waals surface area (Å²) < 4.78 is 140. The van der Waals surface area contributed by atoms with Crippen LogP contribution in [0.25, 0.3) is 21.8 Å². The molecule has 2 unspecified atom stereocenters. The molecule has 0 aliphatic carbocycles. The molecule has 27 heteroatoms. The third-order valence-electron chi connectivity index (χ3n) is 13.0. The molecule has 0 bridgehead atoms. The molecule has 0 amide bonds. The van der Waals surface area contributed by atoms with Crippen molar-refractivity contribution in [1.29, 1.82) is 0 Å². The van der Waals surface area contributed by atoms with Crippen LogP contribution in [0.15, 0.2) is 48.5 Å². The van der Waals surface area contributed by atoms with E-state index >= 15 is 4.79 Å². The number of benzene rings is 3. The van der Waals surface area contributed by atoms with E-state index in [9.17, 15) is 4.79 Å². The van der Waals surface area contributed by atoms with Crippen LogP contribution in [0.4, 0.5) is 0 Å². The van der Waals surface area contributed by atoms with Gasteiger partial charge in [-0.3, -0.25) is 0 Å². The fraction of sp³-hybridized carbons (Fsp3) is 0.672. The SMILES string of the molecule is COCCOCC(COCCOC)OCC(Oc1ccc2nc3ccc(OC(COC(COCCOC)COCCOC)OC(COCCOC)COCCOC)cc3c(C(=O)Oc3c(C)cc(C(=O)OC)cc3C)c2c1)OC(COCCOC)COCCOC. The Morgan fingerprint density at radius 2 is 0.681 bits per heavy atom. The highest BCUT2D eigenvalue weighted by Crippen LogP contribution is 2.35. The smallest absolute Gasteiger partial charge is 0.344 e. The van der Waals surface area contributed by atoms with E-state index < -0.39 is 48.9 Å². The highest BCUT2D eigenvalue weighted by Gasteiger charge is 2.28. The van der Waals surface area contributed by atoms with Gasteiger partial charge in [0.15, 0.2) is 0 Å². The third kappa shape index (κ3) is 31.2. The number of hydrogen-bond donors (Lipinski definition) is 0. The number of hydrogen-bond acceptors (Lipinski definition) is 27. The molecule has 27 nitrogen and oxygen atoms in total. The van der Waals surface area contributed by atoms with Crippen molar-refractivity contribution in [3.05, 3.63) is 70.8 Å². The van der Waals surface area contributed by atoms with E-state index in [0.717, 1.165) is 0 Å². The standard InChI is InChI=1S/C64H99NO26/c1-46-32-48(63(66)76-11)33-47(2)62(46)91-64(67)61-55-34-49(87-59(89-53(40-81-28-20-72-7)41-82-29-21-73-8)44-85-51(36-77-24-16-68-3)37-78-25-17-69-4)12-14-57(55)65-58-15-13-50(35-56(58)61)88-60(90-54(42-83-30-22-74-9)43-84-31-23-75-10)45-86-52(38-79-26-18-70-5)39-80-27-19-71-6/h12-15,32-35,51-54,59-60H,16-31,36-45H2,1-11H3. The molecule has 0 saturated carbocycles. The lowest BCUT2D eigenvalue weighted by Crippen LogP contribution is -2.39. The number of aryl methyl sites for hydroxylation is 2. The highest BCUT2D eigenvalue weighted by atomic mass is 16.7. The number of nitrogens with zero attached hydrogens (tertiary/aromatic N) is 1. The van der Waals surface area contributed by atoms with Crippen molar-refractivity contribution in [2.75, 3.05) is 236 Å². The maximum Gasteiger partial charge on any atom is 0.344 e. The molecule has 516 valence electrons. The van der Waals surface area contributed by atoms with Crippen molar-refractivity contribution >= 4 is 33.7 Å². The van der Waals surface area contributed by atoms with Crippen molar-refractivity contribution in [1.82, 2.24) is 4.98 Å². The Morgan fingerprint density at radius 1 is 0.374 bits per heavy atom. The molecular weight excluding hydrogens is 1200 g/mol. The summed E-state index contributed by atoms with van der Waals surface area (Å²) in [6.07, 6.45) is -4.78. The zero-order valence-electron chi connectivity index (χ0n) is 55.0. The molecule has 0 radical (unpaired) electrons. The van der Waals surface area contributed by atoms with Gasteiger partial charge in [0.1, 0.15) is 54.9 Å². The van der Waals surface area contributed by atoms with Crippen molar-refractivity contribution in [3.63, 3.8) is 0 Å². The number of ether oxygens (including phenoxy) is 24. The second-order valence-electron chi connectivity index (χ2n) is 20.2. The zero-order chi connectivity index (χ0) is 65.7. The van der Waals surface area contributed by atoms with Gasteiger partial charge in [0.05, 0.1) is 188 Å². The molecule has 0 aliphatic heterocycles. The lowest BCUT2D eigenvalue weighted by atomic mass is 10.0. The van der Waals surface area contributed by atoms with Crippen LogP contribution in [0.1, 0.15) is 31.8 Å². The first-order chi connectivity index (χ1) is 44.4. The molecular formula is C64H99NO26. The Bertz CT molecular complexity index is 2370. The van der Waals surface area contributed by atoms with Crippen molar-refractivity contribution in [3.8, 4) is 17.2 Å². The summed E-state index contributed by atoms with van der Waals surface area (Å²) in [5.74, 6) is -0.583. The van der Waals surface area contributed by atoms with Crippen LogP contribution in [-0.2, 0) is 99.5 Å². The van der Waals surface area contributed by atoms with Gasteiger partial charge in [0, 0.05) is 67.7 Å². The van der Waals surface area contributed by atoms with Gasteiger partial charge in [0.2, 0.25) is 12.6 Å². The number of methoxy groups -OCH3 is 9. The summed E-state index contributed by atoms with van der Waals surface area (Å²) in [5, 5.41) is 0.656. The van der Waals surface area contributed by atoms with Gasteiger partial charge in [-0.25, -0.2) is 14.6 Å². The maximum atomic E-state index is 15.3. The van der Waals surface area contributed by atoms with Gasteiger partial charge in [-0.15, -0.1) is 0 Å². The molecule has 91 heavy (non-hydrogen) atoms. The van der Waals surface area contributed by atoms with Crippen molar-refractivity contribution in [2.24, 2.45) is 0 Å². The van der Waals surface area contributed by atoms with Crippen LogP contribution < -0.4 is 14.2 Å². The van der Waals surface area contributed by atoms with E-state index in [0.29, 0.717) is 112 Å². The van der Waals surface area contributed by atoms with E-state index in [1.165, 1.54) is 7.11 Å². The number of carbonyl (C=O) groups is 2. The molecule has 1 aromatic heterocycles. The van der Waals surface area contributed by atoms with Gasteiger partial charge in [-0.2, -0.15) is 0 Å². The molecule has 1 heterocycles. The van der Waals surface area contributed by atoms with E-state index in [-0.39, 0.29) is 121 Å². The number of carbonyl (C=O) groups excluding carboxylic acids is 2. The quantitative estimate of drug-likeness (QED) is 0.0179. The summed E-state index contributed by atoms with van der Waals surface area (Å²) in [7, 11) is 14.0. The van der Waals surface area contributed by atoms with Crippen LogP contribution in [-0.4, -0.2) is 290 Å². The summed E-state index contributed by atoms with van der Waals surface area (Å²) in [4.78, 5) is 33.1. The van der Waals surface area contributed by atoms with Gasteiger partial charge in [0.25, 0.3) is 0 Å². The predicted octanol–water partition coefficient (Wildman–Crippen LogP) is 5.27. The molecule has 2 atom stereocenters. The lowest BCUT2D eigenvalue weighted by molar-refractivity contribution is -0.193. The average Bonchev–Trinajstić information content (AvgIpc) is 0.778. The number of rotatable bonds is 57. The van der Waals surface area contributed by atoms with Gasteiger partial charge < -0.3 is 114 Å². The van der Waals surface area contributed by atoms with Crippen LogP contribution >= 0.6 is 0 Å². The minimum Gasteiger partial charge on any atom is -0.465 e. The third-order valence-corrected chi connectivity index (χ3v) is 13.0. The molecule has 0 fully saturated rings. The molecule has 0 aliphatic rings. The zero-order valence-corrected chi connectivity index (χ0v) is 55.0. The Labute approximate surface area is 535 Å². The number of fused-ring (bicyclic) bond motifs is 2. The van der Waals surface area contributed by atoms with Crippen LogP contribution in [0, 0.1) is 13.8 Å². The van der Waals surface area contributed by atoms with E-state index in [4.69, 9.17) is 119 Å². The minimum atomic E-state index is -1.13. The fourth-order valence-electron chi connectivity index (χ4n) is 8.52. The first-order valence-electron chi connectivity index (χ1n) is 30.2. The maximum absolute atomic E-state index is 15.3. The first-order valence-corrected chi connectivity index (χ1v) is 30.2. The molecule has 3 aromatic carbocycles. The molecule has 0 saturated heterocycles. The molecule has 4 rings (SSSR count). The second-order valence-corrected chi connectivity index (χ2v) is 20.2. The molecule has 4 aromatic rings. The van der Waals surface area contributed by atoms with Gasteiger partial charge in [-0.05, 0) is 73.5 Å². The monoisotopic (exact) mass is 1300 g/mol. The Morgan fingerprint density at radius 3 is 0.978 bits per heavy atom. The van der Waals surface area contributed by atoms with E-state index in [1.54, 1.807) is 119 Å². The van der Waals surface area contributed by atoms with Gasteiger partial charge in [-0.1, -0.05) is 0 Å². The Kier molecular flexibility index (Phi) is 42.0. The van der Waals surface area contributed by atoms with Crippen molar-refractivity contribution < 1.29 is 123 Å². The largest absolute Gasteiger partial charge is 0.465 e. The number of pyridine rings is 1. The number of esters is 2. The van der Waals surface area contributed by atoms with Crippen LogP contribution in [0.2, 0.25) is 0 Å². The second kappa shape index (κ2) is 48.7. The normalized spacial score (nSPS) is 12.6. The Hall–Kier alpha value is -4.93. The topological polar surface area (TPSA) is 269 Å². The van der Waals surface area contributed by atoms with Crippen molar-refractivity contribution in [2.45, 2.75) is 50.8 Å². The highest BCUT2D eigenvalue weighted by molar-refractivity contribution is 6.15. The Balaban J connectivity index is 1.91. The number of aromatic nitrogens is 1. The fourth-order valence-corrected chi connectivity index (χ4v) is 8.52. The lowest BCUT2D eigenvalue weighted by Gasteiger charge is -2.28. The first kappa shape index (κ1) is 78.5. The van der Waals surface area contributed by atoms with E-state index in [1.807, 2.05) is 0 Å².